The van der Waals surface area contributed by atoms with Gasteiger partial charge in [-0.05, 0) is 54.8 Å². The van der Waals surface area contributed by atoms with Gasteiger partial charge < -0.3 is 14.4 Å². The predicted octanol–water partition coefficient (Wildman–Crippen LogP) is 3.31. The van der Waals surface area contributed by atoms with E-state index in [9.17, 15) is 13.2 Å². The minimum atomic E-state index is -3.12. The summed E-state index contributed by atoms with van der Waals surface area (Å²) >= 11 is 0. The van der Waals surface area contributed by atoms with Crippen LogP contribution in [-0.2, 0) is 16.4 Å². The smallest absolute Gasteiger partial charge is 0.254 e. The minimum absolute atomic E-state index is 0.000400. The fraction of sp³-hybridized carbons (Fsp3) is 0.409. The van der Waals surface area contributed by atoms with E-state index in [4.69, 9.17) is 9.47 Å². The molecular formula is C22H27NO5S. The van der Waals surface area contributed by atoms with E-state index in [1.807, 2.05) is 31.2 Å². The Morgan fingerprint density at radius 1 is 1.14 bits per heavy atom. The standard InChI is InChI=1S/C22H27NO5S/c1-3-12-28-20-9-7-18(8-10-20)22(24)23(19-11-13-29(25,26)16-19)15-17-5-4-6-21(14-17)27-2/h4-10,14,19H,3,11-13,15-16H2,1-2H3/t19-/m1/s1. The number of carbonyl (C=O) groups is 1. The molecule has 7 heteroatoms. The van der Waals surface area contributed by atoms with Crippen molar-refractivity contribution in [2.45, 2.75) is 32.4 Å². The van der Waals surface area contributed by atoms with Crippen LogP contribution in [0.3, 0.4) is 0 Å². The quantitative estimate of drug-likeness (QED) is 0.659. The lowest BCUT2D eigenvalue weighted by Gasteiger charge is -2.29. The summed E-state index contributed by atoms with van der Waals surface area (Å²) < 4.78 is 34.9. The van der Waals surface area contributed by atoms with E-state index >= 15 is 0 Å². The number of hydrogen-bond donors (Lipinski definition) is 0. The van der Waals surface area contributed by atoms with Crippen LogP contribution in [0.25, 0.3) is 0 Å². The molecule has 2 aromatic carbocycles. The molecule has 1 fully saturated rings. The van der Waals surface area contributed by atoms with E-state index in [2.05, 4.69) is 0 Å². The number of ether oxygens (including phenoxy) is 2. The Labute approximate surface area is 172 Å². The van der Waals surface area contributed by atoms with Crippen LogP contribution >= 0.6 is 0 Å². The van der Waals surface area contributed by atoms with Crippen LogP contribution in [-0.4, -0.2) is 50.5 Å². The van der Waals surface area contributed by atoms with Gasteiger partial charge in [0.05, 0.1) is 25.2 Å². The molecule has 0 aromatic heterocycles. The van der Waals surface area contributed by atoms with E-state index in [0.29, 0.717) is 36.6 Å². The van der Waals surface area contributed by atoms with Gasteiger partial charge >= 0.3 is 0 Å². The van der Waals surface area contributed by atoms with Crippen LogP contribution in [0.2, 0.25) is 0 Å². The SMILES string of the molecule is CCCOc1ccc(C(=O)N(Cc2cccc(OC)c2)[C@@H]2CCS(=O)(=O)C2)cc1. The maximum atomic E-state index is 13.3. The molecule has 156 valence electrons. The van der Waals surface area contributed by atoms with Gasteiger partial charge in [0.2, 0.25) is 0 Å². The van der Waals surface area contributed by atoms with Crippen molar-refractivity contribution in [1.29, 1.82) is 0 Å². The zero-order chi connectivity index (χ0) is 20.9. The summed E-state index contributed by atoms with van der Waals surface area (Å²) in [5.74, 6) is 1.35. The predicted molar refractivity (Wildman–Crippen MR) is 112 cm³/mol. The normalized spacial score (nSPS) is 17.7. The zero-order valence-electron chi connectivity index (χ0n) is 16.8. The van der Waals surface area contributed by atoms with Crippen molar-refractivity contribution in [3.8, 4) is 11.5 Å². The third-order valence-electron chi connectivity index (χ3n) is 4.97. The Morgan fingerprint density at radius 3 is 2.52 bits per heavy atom. The third kappa shape index (κ3) is 5.50. The maximum absolute atomic E-state index is 13.3. The first kappa shape index (κ1) is 21.2. The molecule has 0 spiro atoms. The molecule has 29 heavy (non-hydrogen) atoms. The molecule has 0 saturated carbocycles. The van der Waals surface area contributed by atoms with Gasteiger partial charge in [-0.25, -0.2) is 8.42 Å². The summed E-state index contributed by atoms with van der Waals surface area (Å²) in [5, 5.41) is 0. The highest BCUT2D eigenvalue weighted by molar-refractivity contribution is 7.91. The lowest BCUT2D eigenvalue weighted by molar-refractivity contribution is 0.0680. The number of benzene rings is 2. The average Bonchev–Trinajstić information content (AvgIpc) is 3.10. The summed E-state index contributed by atoms with van der Waals surface area (Å²) in [5.41, 5.74) is 1.41. The number of methoxy groups -OCH3 is 1. The number of amides is 1. The van der Waals surface area contributed by atoms with Gasteiger partial charge in [0.1, 0.15) is 11.5 Å². The molecule has 0 bridgehead atoms. The summed E-state index contributed by atoms with van der Waals surface area (Å²) in [6, 6.07) is 14.2. The molecule has 2 aromatic rings. The molecule has 6 nitrogen and oxygen atoms in total. The van der Waals surface area contributed by atoms with E-state index in [1.165, 1.54) is 0 Å². The molecule has 3 rings (SSSR count). The van der Waals surface area contributed by atoms with Gasteiger partial charge in [-0.15, -0.1) is 0 Å². The lowest BCUT2D eigenvalue weighted by atomic mass is 10.1. The topological polar surface area (TPSA) is 72.9 Å². The first-order valence-corrected chi connectivity index (χ1v) is 11.6. The van der Waals surface area contributed by atoms with Crippen molar-refractivity contribution in [2.75, 3.05) is 25.2 Å². The highest BCUT2D eigenvalue weighted by atomic mass is 32.2. The second-order valence-corrected chi connectivity index (χ2v) is 9.44. The highest BCUT2D eigenvalue weighted by Gasteiger charge is 2.35. The fourth-order valence-corrected chi connectivity index (χ4v) is 5.17. The molecule has 0 aliphatic carbocycles. The Bertz CT molecular complexity index is 940. The van der Waals surface area contributed by atoms with Gasteiger partial charge in [0.15, 0.2) is 9.84 Å². The van der Waals surface area contributed by atoms with Crippen LogP contribution < -0.4 is 9.47 Å². The van der Waals surface area contributed by atoms with Crippen LogP contribution in [0.15, 0.2) is 48.5 Å². The molecule has 1 aliphatic heterocycles. The van der Waals surface area contributed by atoms with Crippen molar-refractivity contribution in [3.05, 3.63) is 59.7 Å². The van der Waals surface area contributed by atoms with Crippen LogP contribution in [0.5, 0.6) is 11.5 Å². The molecule has 0 N–H and O–H groups in total. The maximum Gasteiger partial charge on any atom is 0.254 e. The van der Waals surface area contributed by atoms with E-state index in [-0.39, 0.29) is 23.5 Å². The molecule has 1 atom stereocenters. The number of sulfone groups is 1. The van der Waals surface area contributed by atoms with Gasteiger partial charge in [-0.1, -0.05) is 19.1 Å². The number of hydrogen-bond acceptors (Lipinski definition) is 5. The van der Waals surface area contributed by atoms with Crippen molar-refractivity contribution in [2.24, 2.45) is 0 Å². The Kier molecular flexibility index (Phi) is 6.79. The van der Waals surface area contributed by atoms with Crippen molar-refractivity contribution < 1.29 is 22.7 Å². The van der Waals surface area contributed by atoms with E-state index < -0.39 is 9.84 Å². The van der Waals surface area contributed by atoms with Gasteiger partial charge in [0.25, 0.3) is 5.91 Å². The van der Waals surface area contributed by atoms with Crippen molar-refractivity contribution in [1.82, 2.24) is 4.90 Å². The minimum Gasteiger partial charge on any atom is -0.497 e. The van der Waals surface area contributed by atoms with Crippen LogP contribution in [0, 0.1) is 0 Å². The monoisotopic (exact) mass is 417 g/mol. The fourth-order valence-electron chi connectivity index (χ4n) is 3.43. The second-order valence-electron chi connectivity index (χ2n) is 7.21. The molecular weight excluding hydrogens is 390 g/mol. The van der Waals surface area contributed by atoms with Gasteiger partial charge in [0, 0.05) is 18.2 Å². The Morgan fingerprint density at radius 2 is 1.90 bits per heavy atom. The average molecular weight is 418 g/mol. The summed E-state index contributed by atoms with van der Waals surface area (Å²) in [6.07, 6.45) is 1.36. The number of nitrogens with zero attached hydrogens (tertiary/aromatic N) is 1. The summed E-state index contributed by atoms with van der Waals surface area (Å²) in [7, 11) is -1.53. The third-order valence-corrected chi connectivity index (χ3v) is 6.72. The second kappa shape index (κ2) is 9.31. The summed E-state index contributed by atoms with van der Waals surface area (Å²) in [4.78, 5) is 15.0. The van der Waals surface area contributed by atoms with E-state index in [0.717, 1.165) is 12.0 Å². The Balaban J connectivity index is 1.84. The van der Waals surface area contributed by atoms with Gasteiger partial charge in [-0.2, -0.15) is 0 Å². The van der Waals surface area contributed by atoms with Gasteiger partial charge in [-0.3, -0.25) is 4.79 Å². The molecule has 1 aliphatic rings. The largest absolute Gasteiger partial charge is 0.497 e. The number of carbonyl (C=O) groups excluding carboxylic acids is 1. The van der Waals surface area contributed by atoms with Crippen molar-refractivity contribution in [3.63, 3.8) is 0 Å². The Hall–Kier alpha value is -2.54. The molecule has 1 saturated heterocycles. The molecule has 1 amide bonds. The molecule has 0 unspecified atom stereocenters. The van der Waals surface area contributed by atoms with Crippen molar-refractivity contribution >= 4 is 15.7 Å². The first-order chi connectivity index (χ1) is 13.9. The first-order valence-electron chi connectivity index (χ1n) is 9.79. The highest BCUT2D eigenvalue weighted by Crippen LogP contribution is 2.24. The zero-order valence-corrected chi connectivity index (χ0v) is 17.7. The van der Waals surface area contributed by atoms with Crippen LogP contribution in [0.1, 0.15) is 35.7 Å². The molecule has 0 radical (unpaired) electrons. The van der Waals surface area contributed by atoms with E-state index in [1.54, 1.807) is 36.3 Å². The lowest BCUT2D eigenvalue weighted by Crippen LogP contribution is -2.40. The summed E-state index contributed by atoms with van der Waals surface area (Å²) in [6.45, 7) is 2.98. The number of rotatable bonds is 8. The molecule has 1 heterocycles. The van der Waals surface area contributed by atoms with Crippen LogP contribution in [0.4, 0.5) is 0 Å².